The number of rotatable bonds is 1. The van der Waals surface area contributed by atoms with Crippen molar-refractivity contribution >= 4 is 33.1 Å². The molecule has 0 radical (unpaired) electrons. The van der Waals surface area contributed by atoms with Crippen LogP contribution >= 0.6 is 15.9 Å². The summed E-state index contributed by atoms with van der Waals surface area (Å²) in [5.74, 6) is 0. The first-order valence-corrected chi connectivity index (χ1v) is 10.6. The first-order chi connectivity index (χ1) is 12.7. The highest BCUT2D eigenvalue weighted by Crippen LogP contribution is 2.47. The molecular formula is C21H28BrN3O2. The van der Waals surface area contributed by atoms with Crippen LogP contribution in [-0.4, -0.2) is 39.2 Å². The second kappa shape index (κ2) is 6.50. The van der Waals surface area contributed by atoms with E-state index in [0.717, 1.165) is 48.9 Å². The Labute approximate surface area is 169 Å². The summed E-state index contributed by atoms with van der Waals surface area (Å²) in [5, 5.41) is 1.23. The van der Waals surface area contributed by atoms with Crippen LogP contribution in [0.4, 0.5) is 4.79 Å². The van der Waals surface area contributed by atoms with Crippen molar-refractivity contribution in [1.82, 2.24) is 14.5 Å². The molecule has 2 aliphatic rings. The van der Waals surface area contributed by atoms with Crippen LogP contribution < -0.4 is 0 Å². The van der Waals surface area contributed by atoms with Gasteiger partial charge in [-0.1, -0.05) is 0 Å². The second-order valence-corrected chi connectivity index (χ2v) is 10.2. The maximum atomic E-state index is 12.2. The number of nitrogens with zero attached hydrogens (tertiary/aromatic N) is 3. The lowest BCUT2D eigenvalue weighted by molar-refractivity contribution is -0.0532. The average molecular weight is 434 g/mol. The van der Waals surface area contributed by atoms with Crippen LogP contribution in [0.15, 0.2) is 22.9 Å². The van der Waals surface area contributed by atoms with Crippen LogP contribution in [0.2, 0.25) is 0 Å². The zero-order chi connectivity index (χ0) is 19.4. The van der Waals surface area contributed by atoms with Crippen molar-refractivity contribution in [3.05, 3.63) is 28.5 Å². The Morgan fingerprint density at radius 3 is 2.59 bits per heavy atom. The number of hydrogen-bond donors (Lipinski definition) is 0. The van der Waals surface area contributed by atoms with E-state index in [1.165, 1.54) is 10.9 Å². The van der Waals surface area contributed by atoms with E-state index < -0.39 is 5.60 Å². The van der Waals surface area contributed by atoms with Gasteiger partial charge < -0.3 is 14.2 Å². The molecule has 146 valence electrons. The molecule has 6 heteroatoms. The standard InChI is InChI=1S/C21H28BrN3O2/c1-14-11-25(18-17(14)9-15(22)10-23-18)16-5-7-21(8-6-16)12-24(13-21)19(26)27-20(2,3)4/h9-11,16H,5-8,12-13H2,1-4H3. The number of hydrogen-bond acceptors (Lipinski definition) is 3. The third-order valence-corrected chi connectivity index (χ3v) is 6.38. The number of amides is 1. The minimum absolute atomic E-state index is 0.169. The van der Waals surface area contributed by atoms with Gasteiger partial charge in [0.25, 0.3) is 0 Å². The normalized spacial score (nSPS) is 20.1. The van der Waals surface area contributed by atoms with Gasteiger partial charge in [-0.15, -0.1) is 0 Å². The van der Waals surface area contributed by atoms with E-state index in [0.29, 0.717) is 11.5 Å². The zero-order valence-corrected chi connectivity index (χ0v) is 18.2. The Kier molecular flexibility index (Phi) is 4.53. The van der Waals surface area contributed by atoms with Crippen molar-refractivity contribution in [1.29, 1.82) is 0 Å². The molecule has 1 saturated heterocycles. The van der Waals surface area contributed by atoms with E-state index in [1.54, 1.807) is 0 Å². The number of aromatic nitrogens is 2. The number of likely N-dealkylation sites (tertiary alicyclic amines) is 1. The lowest BCUT2D eigenvalue weighted by Gasteiger charge is -2.53. The molecule has 0 unspecified atom stereocenters. The van der Waals surface area contributed by atoms with Gasteiger partial charge in [0.05, 0.1) is 0 Å². The van der Waals surface area contributed by atoms with Gasteiger partial charge in [-0.25, -0.2) is 9.78 Å². The van der Waals surface area contributed by atoms with E-state index in [2.05, 4.69) is 44.7 Å². The molecule has 2 aromatic rings. The fraction of sp³-hybridized carbons (Fsp3) is 0.619. The molecule has 4 rings (SSSR count). The highest BCUT2D eigenvalue weighted by atomic mass is 79.9. The predicted molar refractivity (Wildman–Crippen MR) is 110 cm³/mol. The van der Waals surface area contributed by atoms with Crippen molar-refractivity contribution in [2.45, 2.75) is 65.0 Å². The van der Waals surface area contributed by atoms with Gasteiger partial charge in [-0.05, 0) is 80.9 Å². The Hall–Kier alpha value is -1.56. The summed E-state index contributed by atoms with van der Waals surface area (Å²) in [4.78, 5) is 18.7. The third-order valence-electron chi connectivity index (χ3n) is 5.95. The largest absolute Gasteiger partial charge is 0.444 e. The Bertz CT molecular complexity index is 867. The number of carbonyl (C=O) groups excluding carboxylic acids is 1. The van der Waals surface area contributed by atoms with Gasteiger partial charge in [0.2, 0.25) is 0 Å². The van der Waals surface area contributed by atoms with Gasteiger partial charge in [0.1, 0.15) is 11.2 Å². The SMILES string of the molecule is Cc1cn(C2CCC3(CC2)CN(C(=O)OC(C)(C)C)C3)c2ncc(Br)cc12. The maximum Gasteiger partial charge on any atom is 0.410 e. The molecule has 0 aromatic carbocycles. The van der Waals surface area contributed by atoms with E-state index in [9.17, 15) is 4.79 Å². The summed E-state index contributed by atoms with van der Waals surface area (Å²) >= 11 is 3.52. The smallest absolute Gasteiger partial charge is 0.410 e. The number of carbonyl (C=O) groups is 1. The first kappa shape index (κ1) is 18.8. The summed E-state index contributed by atoms with van der Waals surface area (Å²) in [6, 6.07) is 2.65. The highest BCUT2D eigenvalue weighted by Gasteiger charge is 2.48. The number of pyridine rings is 1. The number of halogens is 1. The average Bonchev–Trinajstić information content (AvgIpc) is 2.87. The van der Waals surface area contributed by atoms with Crippen molar-refractivity contribution in [2.24, 2.45) is 5.41 Å². The van der Waals surface area contributed by atoms with E-state index in [-0.39, 0.29) is 6.09 Å². The number of aryl methyl sites for hydroxylation is 1. The van der Waals surface area contributed by atoms with Crippen LogP contribution in [0.5, 0.6) is 0 Å². The maximum absolute atomic E-state index is 12.2. The molecule has 1 aliphatic carbocycles. The molecule has 27 heavy (non-hydrogen) atoms. The molecule has 1 amide bonds. The summed E-state index contributed by atoms with van der Waals surface area (Å²) in [6.07, 6.45) is 8.57. The summed E-state index contributed by atoms with van der Waals surface area (Å²) < 4.78 is 8.89. The van der Waals surface area contributed by atoms with E-state index in [4.69, 9.17) is 4.74 Å². The topological polar surface area (TPSA) is 47.4 Å². The highest BCUT2D eigenvalue weighted by molar-refractivity contribution is 9.10. The second-order valence-electron chi connectivity index (χ2n) is 9.31. The predicted octanol–water partition coefficient (Wildman–Crippen LogP) is 5.46. The minimum atomic E-state index is -0.424. The Morgan fingerprint density at radius 2 is 1.96 bits per heavy atom. The van der Waals surface area contributed by atoms with Crippen LogP contribution in [0.25, 0.3) is 11.0 Å². The fourth-order valence-corrected chi connectivity index (χ4v) is 4.91. The summed E-state index contributed by atoms with van der Waals surface area (Å²) in [5.41, 5.74) is 2.23. The molecule has 1 saturated carbocycles. The van der Waals surface area contributed by atoms with Crippen molar-refractivity contribution in [3.63, 3.8) is 0 Å². The quantitative estimate of drug-likeness (QED) is 0.599. The lowest BCUT2D eigenvalue weighted by atomic mass is 9.67. The van der Waals surface area contributed by atoms with E-state index in [1.807, 2.05) is 31.9 Å². The number of fused-ring (bicyclic) bond motifs is 1. The van der Waals surface area contributed by atoms with Crippen molar-refractivity contribution < 1.29 is 9.53 Å². The van der Waals surface area contributed by atoms with Gasteiger partial charge in [-0.3, -0.25) is 0 Å². The van der Waals surface area contributed by atoms with Gasteiger partial charge in [0, 0.05) is 46.8 Å². The van der Waals surface area contributed by atoms with Crippen LogP contribution in [0.1, 0.15) is 58.1 Å². The van der Waals surface area contributed by atoms with Gasteiger partial charge in [0.15, 0.2) is 0 Å². The third kappa shape index (κ3) is 3.60. The van der Waals surface area contributed by atoms with Crippen LogP contribution in [0.3, 0.4) is 0 Å². The molecule has 2 aromatic heterocycles. The van der Waals surface area contributed by atoms with Crippen molar-refractivity contribution in [2.75, 3.05) is 13.1 Å². The van der Waals surface area contributed by atoms with Crippen LogP contribution in [-0.2, 0) is 4.74 Å². The summed E-state index contributed by atoms with van der Waals surface area (Å²) in [7, 11) is 0. The van der Waals surface area contributed by atoms with Gasteiger partial charge >= 0.3 is 6.09 Å². The molecule has 3 heterocycles. The Balaban J connectivity index is 1.40. The zero-order valence-electron chi connectivity index (χ0n) is 16.6. The van der Waals surface area contributed by atoms with Crippen molar-refractivity contribution in [3.8, 4) is 0 Å². The van der Waals surface area contributed by atoms with E-state index >= 15 is 0 Å². The molecule has 2 fully saturated rings. The molecule has 0 N–H and O–H groups in total. The van der Waals surface area contributed by atoms with Crippen LogP contribution in [0, 0.1) is 12.3 Å². The number of ether oxygens (including phenoxy) is 1. The minimum Gasteiger partial charge on any atom is -0.444 e. The molecule has 5 nitrogen and oxygen atoms in total. The molecular weight excluding hydrogens is 406 g/mol. The molecule has 0 atom stereocenters. The first-order valence-electron chi connectivity index (χ1n) is 9.76. The molecule has 1 spiro atoms. The van der Waals surface area contributed by atoms with Gasteiger partial charge in [-0.2, -0.15) is 0 Å². The lowest BCUT2D eigenvalue weighted by Crippen LogP contribution is -2.60. The monoisotopic (exact) mass is 433 g/mol. The summed E-state index contributed by atoms with van der Waals surface area (Å²) in [6.45, 7) is 9.59. The molecule has 0 bridgehead atoms. The fourth-order valence-electron chi connectivity index (χ4n) is 4.57. The molecule has 1 aliphatic heterocycles. The Morgan fingerprint density at radius 1 is 1.30 bits per heavy atom.